The predicted octanol–water partition coefficient (Wildman–Crippen LogP) is 0.131. The van der Waals surface area contributed by atoms with E-state index in [0.29, 0.717) is 5.56 Å². The van der Waals surface area contributed by atoms with Crippen LogP contribution in [-0.4, -0.2) is 30.0 Å². The summed E-state index contributed by atoms with van der Waals surface area (Å²) in [6.07, 6.45) is 0. The van der Waals surface area contributed by atoms with Crippen LogP contribution in [0.3, 0.4) is 0 Å². The van der Waals surface area contributed by atoms with Crippen LogP contribution in [0.15, 0.2) is 34.4 Å². The fourth-order valence-corrected chi connectivity index (χ4v) is 1.47. The highest BCUT2D eigenvalue weighted by Crippen LogP contribution is 2.07. The zero-order chi connectivity index (χ0) is 10.7. The molecule has 5 heteroatoms. The molecule has 0 radical (unpaired) electrons. The molecule has 1 heterocycles. The molecular weight excluding hydrogens is 192 g/mol. The fourth-order valence-electron chi connectivity index (χ4n) is 1.47. The van der Waals surface area contributed by atoms with Gasteiger partial charge in [-0.15, -0.1) is 0 Å². The summed E-state index contributed by atoms with van der Waals surface area (Å²) < 4.78 is 0. The average molecular weight is 204 g/mol. The van der Waals surface area contributed by atoms with Crippen LogP contribution in [0.5, 0.6) is 0 Å². The van der Waals surface area contributed by atoms with Crippen molar-refractivity contribution in [2.45, 2.75) is 0 Å². The molecule has 0 unspecified atom stereocenters. The Balaban J connectivity index is 2.34. The Labute approximate surface area is 87.3 Å². The highest BCUT2D eigenvalue weighted by molar-refractivity contribution is 6.03. The molecule has 0 spiro atoms. The van der Waals surface area contributed by atoms with E-state index in [9.17, 15) is 0 Å². The lowest BCUT2D eigenvalue weighted by Gasteiger charge is -2.04. The number of nitrogens with zero attached hydrogens (tertiary/aromatic N) is 2. The lowest BCUT2D eigenvalue weighted by molar-refractivity contribution is 0.318. The zero-order valence-electron chi connectivity index (χ0n) is 8.14. The molecular formula is C10H12N4O. The van der Waals surface area contributed by atoms with Crippen molar-refractivity contribution >= 4 is 11.7 Å². The summed E-state index contributed by atoms with van der Waals surface area (Å²) in [6.45, 7) is 1.66. The van der Waals surface area contributed by atoms with Crippen molar-refractivity contribution in [3.05, 3.63) is 35.4 Å². The molecule has 1 aromatic rings. The van der Waals surface area contributed by atoms with E-state index < -0.39 is 0 Å². The largest absolute Gasteiger partial charge is 0.409 e. The maximum atomic E-state index is 8.56. The van der Waals surface area contributed by atoms with Crippen LogP contribution in [-0.2, 0) is 0 Å². The topological polar surface area (TPSA) is 83.0 Å². The van der Waals surface area contributed by atoms with Gasteiger partial charge in [-0.3, -0.25) is 4.99 Å². The zero-order valence-corrected chi connectivity index (χ0v) is 8.14. The number of nitrogens with one attached hydrogen (secondary N) is 1. The van der Waals surface area contributed by atoms with E-state index in [1.807, 2.05) is 18.2 Å². The first-order valence-corrected chi connectivity index (χ1v) is 4.68. The molecule has 0 fully saturated rings. The van der Waals surface area contributed by atoms with Gasteiger partial charge in [0.1, 0.15) is 5.84 Å². The van der Waals surface area contributed by atoms with Gasteiger partial charge in [-0.05, 0) is 6.07 Å². The summed E-state index contributed by atoms with van der Waals surface area (Å²) in [5.41, 5.74) is 7.14. The second-order valence-electron chi connectivity index (χ2n) is 3.22. The van der Waals surface area contributed by atoms with E-state index in [-0.39, 0.29) is 5.84 Å². The van der Waals surface area contributed by atoms with E-state index >= 15 is 0 Å². The second kappa shape index (κ2) is 4.00. The van der Waals surface area contributed by atoms with Crippen molar-refractivity contribution in [2.24, 2.45) is 15.9 Å². The maximum Gasteiger partial charge on any atom is 0.170 e. The molecule has 78 valence electrons. The van der Waals surface area contributed by atoms with E-state index in [1.54, 1.807) is 6.07 Å². The van der Waals surface area contributed by atoms with E-state index in [0.717, 1.165) is 24.5 Å². The fraction of sp³-hybridized carbons (Fsp3) is 0.200. The SMILES string of the molecule is N/C(=N\O)c1cccc(C2=NCCN2)c1. The Morgan fingerprint density at radius 3 is 3.07 bits per heavy atom. The van der Waals surface area contributed by atoms with Gasteiger partial charge in [0.25, 0.3) is 0 Å². The minimum atomic E-state index is 0.107. The molecule has 0 aromatic heterocycles. The quantitative estimate of drug-likeness (QED) is 0.277. The molecule has 0 aliphatic carbocycles. The molecule has 0 bridgehead atoms. The molecule has 2 rings (SSSR count). The number of hydrogen-bond acceptors (Lipinski definition) is 4. The number of hydrogen-bond donors (Lipinski definition) is 3. The van der Waals surface area contributed by atoms with Crippen molar-refractivity contribution in [2.75, 3.05) is 13.1 Å². The van der Waals surface area contributed by atoms with Gasteiger partial charge in [0, 0.05) is 17.7 Å². The van der Waals surface area contributed by atoms with E-state index in [2.05, 4.69) is 15.5 Å². The Hall–Kier alpha value is -2.04. The van der Waals surface area contributed by atoms with E-state index in [1.165, 1.54) is 0 Å². The summed E-state index contributed by atoms with van der Waals surface area (Å²) in [5.74, 6) is 0.970. The van der Waals surface area contributed by atoms with Gasteiger partial charge in [-0.1, -0.05) is 23.4 Å². The van der Waals surface area contributed by atoms with Gasteiger partial charge in [0.15, 0.2) is 5.84 Å². The molecule has 0 saturated heterocycles. The first kappa shape index (κ1) is 9.51. The van der Waals surface area contributed by atoms with Gasteiger partial charge in [0.05, 0.1) is 6.54 Å². The minimum Gasteiger partial charge on any atom is -0.409 e. The van der Waals surface area contributed by atoms with Gasteiger partial charge in [0.2, 0.25) is 0 Å². The van der Waals surface area contributed by atoms with Crippen LogP contribution in [0.25, 0.3) is 0 Å². The van der Waals surface area contributed by atoms with Crippen LogP contribution in [0.4, 0.5) is 0 Å². The first-order chi connectivity index (χ1) is 7.31. The third-order valence-electron chi connectivity index (χ3n) is 2.21. The number of aliphatic imine (C=N–C) groups is 1. The van der Waals surface area contributed by atoms with Crippen LogP contribution in [0.1, 0.15) is 11.1 Å². The lowest BCUT2D eigenvalue weighted by Crippen LogP contribution is -2.20. The van der Waals surface area contributed by atoms with E-state index in [4.69, 9.17) is 10.9 Å². The van der Waals surface area contributed by atoms with Crippen LogP contribution in [0, 0.1) is 0 Å². The van der Waals surface area contributed by atoms with Gasteiger partial charge < -0.3 is 16.3 Å². The number of rotatable bonds is 2. The summed E-state index contributed by atoms with van der Waals surface area (Å²) in [7, 11) is 0. The number of amidine groups is 2. The molecule has 0 saturated carbocycles. The van der Waals surface area contributed by atoms with Crippen molar-refractivity contribution < 1.29 is 5.21 Å². The third kappa shape index (κ3) is 1.90. The Bertz CT molecular complexity index is 425. The van der Waals surface area contributed by atoms with Gasteiger partial charge >= 0.3 is 0 Å². The van der Waals surface area contributed by atoms with Crippen molar-refractivity contribution in [3.63, 3.8) is 0 Å². The smallest absolute Gasteiger partial charge is 0.170 e. The standard InChI is InChI=1S/C10H12N4O/c11-9(14-15)7-2-1-3-8(6-7)10-12-4-5-13-10/h1-3,6,15H,4-5H2,(H2,11,14)(H,12,13). The molecule has 4 N–H and O–H groups in total. The maximum absolute atomic E-state index is 8.56. The lowest BCUT2D eigenvalue weighted by atomic mass is 10.1. The Morgan fingerprint density at radius 2 is 2.40 bits per heavy atom. The summed E-state index contributed by atoms with van der Waals surface area (Å²) in [4.78, 5) is 4.29. The van der Waals surface area contributed by atoms with Crippen molar-refractivity contribution in [1.82, 2.24) is 5.32 Å². The van der Waals surface area contributed by atoms with Crippen LogP contribution < -0.4 is 11.1 Å². The van der Waals surface area contributed by atoms with Gasteiger partial charge in [-0.2, -0.15) is 0 Å². The highest BCUT2D eigenvalue weighted by Gasteiger charge is 2.09. The summed E-state index contributed by atoms with van der Waals surface area (Å²) in [6, 6.07) is 7.41. The van der Waals surface area contributed by atoms with Gasteiger partial charge in [-0.25, -0.2) is 0 Å². The predicted molar refractivity (Wildman–Crippen MR) is 58.4 cm³/mol. The normalized spacial score (nSPS) is 16.0. The summed E-state index contributed by atoms with van der Waals surface area (Å²) >= 11 is 0. The van der Waals surface area contributed by atoms with Crippen molar-refractivity contribution in [3.8, 4) is 0 Å². The molecule has 1 aliphatic heterocycles. The molecule has 1 aliphatic rings. The second-order valence-corrected chi connectivity index (χ2v) is 3.22. The first-order valence-electron chi connectivity index (χ1n) is 4.68. The molecule has 15 heavy (non-hydrogen) atoms. The highest BCUT2D eigenvalue weighted by atomic mass is 16.4. The monoisotopic (exact) mass is 204 g/mol. The Kier molecular flexibility index (Phi) is 2.53. The molecule has 5 nitrogen and oxygen atoms in total. The molecule has 0 amide bonds. The number of oxime groups is 1. The summed E-state index contributed by atoms with van der Waals surface area (Å²) in [5, 5.41) is 14.7. The third-order valence-corrected chi connectivity index (χ3v) is 2.21. The number of nitrogens with two attached hydrogens (primary N) is 1. The number of benzene rings is 1. The molecule has 1 aromatic carbocycles. The Morgan fingerprint density at radius 1 is 1.53 bits per heavy atom. The van der Waals surface area contributed by atoms with Crippen LogP contribution in [0.2, 0.25) is 0 Å². The molecule has 0 atom stereocenters. The average Bonchev–Trinajstić information content (AvgIpc) is 2.82. The van der Waals surface area contributed by atoms with Crippen molar-refractivity contribution in [1.29, 1.82) is 0 Å². The van der Waals surface area contributed by atoms with Crippen LogP contribution >= 0.6 is 0 Å². The minimum absolute atomic E-state index is 0.107.